The van der Waals surface area contributed by atoms with Crippen LogP contribution in [-0.2, 0) is 9.53 Å². The molecule has 2 N–H and O–H groups in total. The molecule has 3 amide bonds. The Morgan fingerprint density at radius 1 is 1.25 bits per heavy atom. The molecule has 1 aliphatic heterocycles. The fourth-order valence-corrected chi connectivity index (χ4v) is 2.83. The van der Waals surface area contributed by atoms with Crippen molar-refractivity contribution in [2.24, 2.45) is 5.92 Å². The van der Waals surface area contributed by atoms with Gasteiger partial charge in [0, 0.05) is 18.2 Å². The first kappa shape index (κ1) is 16.8. The van der Waals surface area contributed by atoms with Crippen LogP contribution in [0.25, 0.3) is 0 Å². The zero-order valence-electron chi connectivity index (χ0n) is 14.2. The zero-order chi connectivity index (χ0) is 17.1. The Labute approximate surface area is 142 Å². The lowest BCUT2D eigenvalue weighted by Crippen LogP contribution is -2.51. The molecular formula is C18H25N3O3. The average Bonchev–Trinajstić information content (AvgIpc) is 3.40. The predicted octanol–water partition coefficient (Wildman–Crippen LogP) is 2.53. The molecule has 130 valence electrons. The van der Waals surface area contributed by atoms with E-state index in [4.69, 9.17) is 4.74 Å². The van der Waals surface area contributed by atoms with E-state index < -0.39 is 0 Å². The van der Waals surface area contributed by atoms with E-state index >= 15 is 0 Å². The molecule has 1 aromatic carbocycles. The number of benzene rings is 1. The maximum atomic E-state index is 12.4. The lowest BCUT2D eigenvalue weighted by atomic mass is 10.1. The van der Waals surface area contributed by atoms with Crippen molar-refractivity contribution in [2.45, 2.75) is 38.8 Å². The van der Waals surface area contributed by atoms with E-state index in [0.29, 0.717) is 19.8 Å². The van der Waals surface area contributed by atoms with Crippen LogP contribution in [0.1, 0.15) is 38.3 Å². The van der Waals surface area contributed by atoms with Gasteiger partial charge < -0.3 is 20.3 Å². The van der Waals surface area contributed by atoms with Gasteiger partial charge in [0.25, 0.3) is 0 Å². The molecule has 1 saturated heterocycles. The smallest absolute Gasteiger partial charge is 0.318 e. The normalized spacial score (nSPS) is 21.9. The number of carbonyl (C=O) groups excluding carboxylic acids is 2. The van der Waals surface area contributed by atoms with Crippen molar-refractivity contribution >= 4 is 17.6 Å². The Kier molecular flexibility index (Phi) is 5.04. The molecule has 0 aromatic heterocycles. The third-order valence-corrected chi connectivity index (χ3v) is 4.59. The van der Waals surface area contributed by atoms with E-state index in [1.54, 1.807) is 0 Å². The van der Waals surface area contributed by atoms with Gasteiger partial charge in [-0.2, -0.15) is 0 Å². The van der Waals surface area contributed by atoms with Crippen LogP contribution in [0.3, 0.4) is 0 Å². The van der Waals surface area contributed by atoms with Gasteiger partial charge in [-0.25, -0.2) is 4.79 Å². The van der Waals surface area contributed by atoms with E-state index in [-0.39, 0.29) is 29.9 Å². The van der Waals surface area contributed by atoms with Crippen molar-refractivity contribution in [3.63, 3.8) is 0 Å². The summed E-state index contributed by atoms with van der Waals surface area (Å²) in [5.41, 5.74) is 1.81. The number of urea groups is 1. The second-order valence-electron chi connectivity index (χ2n) is 6.67. The third-order valence-electron chi connectivity index (χ3n) is 4.59. The summed E-state index contributed by atoms with van der Waals surface area (Å²) >= 11 is 0. The van der Waals surface area contributed by atoms with Gasteiger partial charge in [0.1, 0.15) is 0 Å². The number of amides is 3. The van der Waals surface area contributed by atoms with E-state index in [2.05, 4.69) is 10.6 Å². The predicted molar refractivity (Wildman–Crippen MR) is 91.7 cm³/mol. The molecule has 1 saturated carbocycles. The molecule has 1 aromatic rings. The van der Waals surface area contributed by atoms with Crippen LogP contribution < -0.4 is 10.6 Å². The second-order valence-corrected chi connectivity index (χ2v) is 6.67. The number of nitrogens with one attached hydrogen (secondary N) is 2. The molecule has 1 heterocycles. The van der Waals surface area contributed by atoms with Crippen LogP contribution >= 0.6 is 0 Å². The molecule has 6 heteroatoms. The lowest BCUT2D eigenvalue weighted by Gasteiger charge is -2.34. The fourth-order valence-electron chi connectivity index (χ4n) is 2.83. The first-order chi connectivity index (χ1) is 11.5. The molecule has 2 fully saturated rings. The van der Waals surface area contributed by atoms with Crippen LogP contribution in [0, 0.1) is 5.92 Å². The second kappa shape index (κ2) is 7.21. The highest BCUT2D eigenvalue weighted by Gasteiger charge is 2.29. The maximum absolute atomic E-state index is 12.4. The minimum absolute atomic E-state index is 0.0654. The minimum atomic E-state index is -0.0965. The van der Waals surface area contributed by atoms with Gasteiger partial charge in [-0.3, -0.25) is 4.79 Å². The molecule has 2 aliphatic rings. The highest BCUT2D eigenvalue weighted by molar-refractivity contribution is 5.94. The van der Waals surface area contributed by atoms with Gasteiger partial charge in [0.15, 0.2) is 0 Å². The van der Waals surface area contributed by atoms with Crippen molar-refractivity contribution in [1.82, 2.24) is 10.2 Å². The molecule has 24 heavy (non-hydrogen) atoms. The summed E-state index contributed by atoms with van der Waals surface area (Å²) in [6.07, 6.45) is 1.99. The van der Waals surface area contributed by atoms with Crippen LogP contribution in [0.5, 0.6) is 0 Å². The molecular weight excluding hydrogens is 306 g/mol. The summed E-state index contributed by atoms with van der Waals surface area (Å²) in [5, 5.41) is 5.95. The maximum Gasteiger partial charge on any atom is 0.318 e. The molecule has 0 bridgehead atoms. The lowest BCUT2D eigenvalue weighted by molar-refractivity contribution is -0.117. The Morgan fingerprint density at radius 3 is 2.58 bits per heavy atom. The number of hydrogen-bond donors (Lipinski definition) is 2. The third kappa shape index (κ3) is 4.06. The van der Waals surface area contributed by atoms with Crippen molar-refractivity contribution in [3.05, 3.63) is 29.8 Å². The van der Waals surface area contributed by atoms with Crippen molar-refractivity contribution in [2.75, 3.05) is 25.1 Å². The molecule has 6 nitrogen and oxygen atoms in total. The minimum Gasteiger partial charge on any atom is -0.377 e. The summed E-state index contributed by atoms with van der Waals surface area (Å²) in [6.45, 7) is 5.73. The van der Waals surface area contributed by atoms with Crippen molar-refractivity contribution in [1.29, 1.82) is 0 Å². The van der Waals surface area contributed by atoms with Crippen LogP contribution in [-0.4, -0.2) is 42.6 Å². The molecule has 0 unspecified atom stereocenters. The standard InChI is InChI=1S/C18H25N3O3/c1-12-11-24-10-9-21(12)18(23)19-13(2)14-5-7-16(8-6-14)20-17(22)15-3-4-15/h5-8,12-13,15H,3-4,9-11H2,1-2H3,(H,19,23)(H,20,22)/t12-,13+/m0/s1. The van der Waals surface area contributed by atoms with Gasteiger partial charge in [-0.15, -0.1) is 0 Å². The highest BCUT2D eigenvalue weighted by atomic mass is 16.5. The van der Waals surface area contributed by atoms with Gasteiger partial charge in [-0.05, 0) is 44.4 Å². The first-order valence-corrected chi connectivity index (χ1v) is 8.60. The Morgan fingerprint density at radius 2 is 1.96 bits per heavy atom. The number of ether oxygens (including phenoxy) is 1. The van der Waals surface area contributed by atoms with Gasteiger partial charge in [0.2, 0.25) is 5.91 Å². The Hall–Kier alpha value is -2.08. The molecule has 3 rings (SSSR count). The average molecular weight is 331 g/mol. The van der Waals surface area contributed by atoms with Crippen LogP contribution in [0.2, 0.25) is 0 Å². The topological polar surface area (TPSA) is 70.7 Å². The number of anilines is 1. The summed E-state index contributed by atoms with van der Waals surface area (Å²) in [6, 6.07) is 7.58. The van der Waals surface area contributed by atoms with Gasteiger partial charge >= 0.3 is 6.03 Å². The number of carbonyl (C=O) groups is 2. The first-order valence-electron chi connectivity index (χ1n) is 8.60. The highest BCUT2D eigenvalue weighted by Crippen LogP contribution is 2.30. The molecule has 1 aliphatic carbocycles. The number of hydrogen-bond acceptors (Lipinski definition) is 3. The van der Waals surface area contributed by atoms with Crippen molar-refractivity contribution in [3.8, 4) is 0 Å². The molecule has 2 atom stereocenters. The van der Waals surface area contributed by atoms with Gasteiger partial charge in [-0.1, -0.05) is 12.1 Å². The largest absolute Gasteiger partial charge is 0.377 e. The quantitative estimate of drug-likeness (QED) is 0.890. The number of morpholine rings is 1. The molecule has 0 radical (unpaired) electrons. The zero-order valence-corrected chi connectivity index (χ0v) is 14.2. The molecule has 0 spiro atoms. The Balaban J connectivity index is 1.55. The summed E-state index contributed by atoms with van der Waals surface area (Å²) in [5.74, 6) is 0.295. The fraction of sp³-hybridized carbons (Fsp3) is 0.556. The van der Waals surface area contributed by atoms with E-state index in [1.165, 1.54) is 0 Å². The monoisotopic (exact) mass is 331 g/mol. The summed E-state index contributed by atoms with van der Waals surface area (Å²) in [7, 11) is 0. The summed E-state index contributed by atoms with van der Waals surface area (Å²) in [4.78, 5) is 26.0. The number of nitrogens with zero attached hydrogens (tertiary/aromatic N) is 1. The van der Waals surface area contributed by atoms with Crippen LogP contribution in [0.4, 0.5) is 10.5 Å². The van der Waals surface area contributed by atoms with Crippen molar-refractivity contribution < 1.29 is 14.3 Å². The number of rotatable bonds is 4. The van der Waals surface area contributed by atoms with E-state index in [0.717, 1.165) is 24.1 Å². The van der Waals surface area contributed by atoms with Gasteiger partial charge in [0.05, 0.1) is 25.3 Å². The summed E-state index contributed by atoms with van der Waals surface area (Å²) < 4.78 is 5.36. The van der Waals surface area contributed by atoms with E-state index in [9.17, 15) is 9.59 Å². The van der Waals surface area contributed by atoms with Crippen LogP contribution in [0.15, 0.2) is 24.3 Å². The van der Waals surface area contributed by atoms with E-state index in [1.807, 2.05) is 43.0 Å². The SMILES string of the molecule is C[C@@H](NC(=O)N1CCOC[C@@H]1C)c1ccc(NC(=O)C2CC2)cc1. The Bertz CT molecular complexity index is 598.